The molecule has 1 rings (SSSR count). The Balaban J connectivity index is -0.000000256. The fourth-order valence-electron chi connectivity index (χ4n) is 1.39. The normalized spacial score (nSPS) is 11.5. The Morgan fingerprint density at radius 3 is 2.04 bits per heavy atom. The van der Waals surface area contributed by atoms with Crippen LogP contribution in [-0.2, 0) is 46.2 Å². The first-order chi connectivity index (χ1) is 11.1. The number of carbonyl (C=O) groups excluding carboxylic acids is 1. The number of rotatable bonds is 7. The molecule has 6 nitrogen and oxygen atoms in total. The quantitative estimate of drug-likeness (QED) is 0.449. The maximum atomic E-state index is 10.2. The summed E-state index contributed by atoms with van der Waals surface area (Å²) in [6.07, 6.45) is 4.64. The average Bonchev–Trinajstić information content (AvgIpc) is 2.61. The van der Waals surface area contributed by atoms with Crippen LogP contribution >= 0.6 is 0 Å². The third-order valence-corrected chi connectivity index (χ3v) is 2.40. The zero-order valence-electron chi connectivity index (χ0n) is 13.0. The van der Waals surface area contributed by atoms with Crippen molar-refractivity contribution in [1.29, 1.82) is 0 Å². The summed E-state index contributed by atoms with van der Waals surface area (Å²) in [6.45, 7) is 18.3. The van der Waals surface area contributed by atoms with Crippen LogP contribution < -0.4 is 0 Å². The molecule has 0 heterocycles. The SMILES string of the molecule is C[C@@H]([CH][CH][CH][C@@](C)(O)c1ccccc1)O[C-]=O.[C-]#[O+].[C-]#[O+].[C-]#[O+].[Fe]. The Morgan fingerprint density at radius 1 is 1.17 bits per heavy atom. The molecule has 0 amide bonds. The van der Waals surface area contributed by atoms with E-state index in [0.29, 0.717) is 0 Å². The van der Waals surface area contributed by atoms with Gasteiger partial charge < -0.3 is 14.6 Å². The molecular formula is C17H16FeO6-. The van der Waals surface area contributed by atoms with Crippen LogP contribution in [0.4, 0.5) is 0 Å². The molecule has 0 aliphatic rings. The van der Waals surface area contributed by atoms with Crippen LogP contribution in [0.2, 0.25) is 0 Å². The Hall–Kier alpha value is -1.61. The van der Waals surface area contributed by atoms with Gasteiger partial charge in [0.15, 0.2) is 0 Å². The molecule has 1 aromatic rings. The molecule has 1 aromatic carbocycles. The molecule has 2 atom stereocenters. The fourth-order valence-corrected chi connectivity index (χ4v) is 1.39. The van der Waals surface area contributed by atoms with E-state index in [1.54, 1.807) is 33.1 Å². The van der Waals surface area contributed by atoms with Gasteiger partial charge in [0.1, 0.15) is 0 Å². The number of aliphatic hydroxyl groups is 1. The zero-order chi connectivity index (χ0) is 18.7. The van der Waals surface area contributed by atoms with Crippen molar-refractivity contribution in [2.75, 3.05) is 0 Å². The van der Waals surface area contributed by atoms with Crippen LogP contribution in [0.1, 0.15) is 19.4 Å². The predicted octanol–water partition coefficient (Wildman–Crippen LogP) is 1.86. The molecule has 24 heavy (non-hydrogen) atoms. The van der Waals surface area contributed by atoms with Crippen molar-refractivity contribution >= 4 is 6.47 Å². The van der Waals surface area contributed by atoms with Gasteiger partial charge in [0.2, 0.25) is 0 Å². The molecule has 7 heteroatoms. The van der Waals surface area contributed by atoms with Gasteiger partial charge in [-0.1, -0.05) is 36.8 Å². The minimum atomic E-state index is -1.04. The van der Waals surface area contributed by atoms with Crippen LogP contribution in [-0.4, -0.2) is 17.7 Å². The fraction of sp³-hybridized carbons (Fsp3) is 0.235. The van der Waals surface area contributed by atoms with E-state index in [1.165, 1.54) is 6.47 Å². The predicted molar refractivity (Wildman–Crippen MR) is 76.9 cm³/mol. The molecule has 1 N–H and O–H groups in total. The first-order valence-corrected chi connectivity index (χ1v) is 6.01. The number of ether oxygens (including phenoxy) is 1. The summed E-state index contributed by atoms with van der Waals surface area (Å²) < 4.78 is 27.1. The summed E-state index contributed by atoms with van der Waals surface area (Å²) >= 11 is 0. The maximum absolute atomic E-state index is 10.2. The second kappa shape index (κ2) is 21.4. The maximum Gasteiger partial charge on any atom is 0 e. The van der Waals surface area contributed by atoms with Crippen molar-refractivity contribution < 1.29 is 45.7 Å². The Morgan fingerprint density at radius 2 is 1.62 bits per heavy atom. The summed E-state index contributed by atoms with van der Waals surface area (Å²) in [5, 5.41) is 10.2. The summed E-state index contributed by atoms with van der Waals surface area (Å²) in [6, 6.07) is 9.33. The smallest absolute Gasteiger partial charge is 0 e. The van der Waals surface area contributed by atoms with E-state index < -0.39 is 5.60 Å². The van der Waals surface area contributed by atoms with E-state index >= 15 is 0 Å². The molecule has 0 fully saturated rings. The largest absolute Gasteiger partial charge is 0 e. The molecule has 3 radical (unpaired) electrons. The molecule has 0 aromatic heterocycles. The van der Waals surface area contributed by atoms with Gasteiger partial charge >= 0.3 is 33.9 Å². The third kappa shape index (κ3) is 15.3. The minimum Gasteiger partial charge on any atom is 0 e. The van der Waals surface area contributed by atoms with Crippen molar-refractivity contribution in [2.45, 2.75) is 25.6 Å². The molecule has 0 aliphatic carbocycles. The number of benzene rings is 1. The van der Waals surface area contributed by atoms with Gasteiger partial charge in [0.25, 0.3) is 0 Å². The summed E-state index contributed by atoms with van der Waals surface area (Å²) in [7, 11) is 0. The van der Waals surface area contributed by atoms with E-state index in [9.17, 15) is 9.90 Å². The van der Waals surface area contributed by atoms with Gasteiger partial charge in [-0.25, -0.2) is 0 Å². The van der Waals surface area contributed by atoms with E-state index in [1.807, 2.05) is 30.3 Å². The summed E-state index contributed by atoms with van der Waals surface area (Å²) in [5.74, 6) is 0. The molecule has 0 spiro atoms. The second-order valence-corrected chi connectivity index (χ2v) is 3.97. The van der Waals surface area contributed by atoms with Gasteiger partial charge in [-0.15, -0.1) is 0 Å². The number of hydrogen-bond donors (Lipinski definition) is 1. The van der Waals surface area contributed by atoms with Gasteiger partial charge in [0, 0.05) is 29.9 Å². The van der Waals surface area contributed by atoms with Crippen molar-refractivity contribution in [3.05, 3.63) is 75.1 Å². The first kappa shape index (κ1) is 30.3. The van der Waals surface area contributed by atoms with Crippen molar-refractivity contribution in [2.24, 2.45) is 0 Å². The van der Waals surface area contributed by atoms with Crippen LogP contribution in [0.25, 0.3) is 0 Å². The summed E-state index contributed by atoms with van der Waals surface area (Å²) in [4.78, 5) is 9.96. The zero-order valence-corrected chi connectivity index (χ0v) is 14.1. The standard InChI is InChI=1S/C14H16O3.3CO.Fe/c1-12(17-11-15)7-6-10-14(2,16)13-8-4-3-5-9-13;3*1-2;/h3-10,12,16H,1-2H3;;;;/q-1;;;;/t12-,14+;;;;/m0..../s1. The Labute approximate surface area is 153 Å². The van der Waals surface area contributed by atoms with E-state index in [-0.39, 0.29) is 23.2 Å². The molecule has 0 aliphatic heterocycles. The van der Waals surface area contributed by atoms with E-state index in [4.69, 9.17) is 14.0 Å². The Kier molecular flexibility index (Phi) is 27.0. The van der Waals surface area contributed by atoms with Crippen molar-refractivity contribution in [1.82, 2.24) is 0 Å². The molecule has 0 saturated carbocycles. The monoisotopic (exact) mass is 372 g/mol. The van der Waals surface area contributed by atoms with E-state index in [0.717, 1.165) is 5.56 Å². The van der Waals surface area contributed by atoms with Crippen LogP contribution in [0.3, 0.4) is 0 Å². The molecule has 0 unspecified atom stereocenters. The van der Waals surface area contributed by atoms with E-state index in [2.05, 4.69) is 24.7 Å². The van der Waals surface area contributed by atoms with Gasteiger partial charge in [0.05, 0.1) is 11.7 Å². The molecule has 0 saturated heterocycles. The van der Waals surface area contributed by atoms with Gasteiger partial charge in [-0.2, -0.15) is 0 Å². The van der Waals surface area contributed by atoms with Crippen LogP contribution in [0, 0.1) is 39.2 Å². The Bertz CT molecular complexity index is 439. The van der Waals surface area contributed by atoms with Crippen molar-refractivity contribution in [3.63, 3.8) is 0 Å². The minimum absolute atomic E-state index is 0. The van der Waals surface area contributed by atoms with Crippen LogP contribution in [0.15, 0.2) is 30.3 Å². The van der Waals surface area contributed by atoms with Crippen LogP contribution in [0.5, 0.6) is 0 Å². The van der Waals surface area contributed by atoms with Gasteiger partial charge in [-0.05, 0) is 25.8 Å². The van der Waals surface area contributed by atoms with Crippen molar-refractivity contribution in [3.8, 4) is 0 Å². The second-order valence-electron chi connectivity index (χ2n) is 3.97. The summed E-state index contributed by atoms with van der Waals surface area (Å²) in [5.41, 5.74) is -0.234. The topological polar surface area (TPSA) is 106 Å². The third-order valence-electron chi connectivity index (χ3n) is 2.40. The average molecular weight is 372 g/mol. The molecule has 0 bridgehead atoms. The van der Waals surface area contributed by atoms with Gasteiger partial charge in [-0.3, -0.25) is 0 Å². The molecular weight excluding hydrogens is 356 g/mol. The number of hydrogen-bond acceptors (Lipinski definition) is 3. The first-order valence-electron chi connectivity index (χ1n) is 6.01. The molecule has 129 valence electrons.